The van der Waals surface area contributed by atoms with Crippen LogP contribution in [0, 0.1) is 13.8 Å². The number of hydrogen-bond donors (Lipinski definition) is 2. The normalized spacial score (nSPS) is 11.6. The van der Waals surface area contributed by atoms with Crippen LogP contribution in [0.2, 0.25) is 0 Å². The summed E-state index contributed by atoms with van der Waals surface area (Å²) in [5, 5.41) is 5.53. The SMILES string of the molecule is Cc1ccc2[nH]c(C)c(CCN(Cc3ccccn3)C(=S)NC(C)(C)C)c2c1. The van der Waals surface area contributed by atoms with Crippen molar-refractivity contribution in [1.82, 2.24) is 20.2 Å². The van der Waals surface area contributed by atoms with Gasteiger partial charge in [0.15, 0.2) is 5.11 Å². The summed E-state index contributed by atoms with van der Waals surface area (Å²) in [7, 11) is 0. The third-order valence-electron chi connectivity index (χ3n) is 4.75. The summed E-state index contributed by atoms with van der Waals surface area (Å²) >= 11 is 5.75. The Morgan fingerprint density at radius 1 is 1.18 bits per heavy atom. The molecule has 4 nitrogen and oxygen atoms in total. The minimum atomic E-state index is -0.0761. The molecular formula is C23H30N4S. The molecule has 28 heavy (non-hydrogen) atoms. The zero-order valence-electron chi connectivity index (χ0n) is 17.5. The van der Waals surface area contributed by atoms with Gasteiger partial charge in [-0.1, -0.05) is 17.7 Å². The van der Waals surface area contributed by atoms with Crippen LogP contribution in [0.3, 0.4) is 0 Å². The van der Waals surface area contributed by atoms with E-state index < -0.39 is 0 Å². The Morgan fingerprint density at radius 2 is 1.96 bits per heavy atom. The van der Waals surface area contributed by atoms with E-state index in [4.69, 9.17) is 12.2 Å². The highest BCUT2D eigenvalue weighted by atomic mass is 32.1. The maximum absolute atomic E-state index is 5.75. The number of aryl methyl sites for hydroxylation is 2. The number of aromatic amines is 1. The number of rotatable bonds is 5. The lowest BCUT2D eigenvalue weighted by molar-refractivity contribution is 0.381. The predicted octanol–water partition coefficient (Wildman–Crippen LogP) is 4.90. The number of thiocarbonyl (C=S) groups is 1. The van der Waals surface area contributed by atoms with E-state index in [0.29, 0.717) is 6.54 Å². The second-order valence-electron chi connectivity index (χ2n) is 8.45. The second-order valence-corrected chi connectivity index (χ2v) is 8.84. The Hall–Kier alpha value is -2.40. The summed E-state index contributed by atoms with van der Waals surface area (Å²) < 4.78 is 0. The van der Waals surface area contributed by atoms with E-state index in [1.807, 2.05) is 24.4 Å². The molecule has 3 aromatic rings. The first-order valence-electron chi connectivity index (χ1n) is 9.78. The van der Waals surface area contributed by atoms with E-state index in [1.54, 1.807) is 0 Å². The standard InChI is InChI=1S/C23H30N4S/c1-16-9-10-21-20(14-16)19(17(2)25-21)11-13-27(22(28)26-23(3,4)5)15-18-8-6-7-12-24-18/h6-10,12,14,25H,11,13,15H2,1-5H3,(H,26,28). The van der Waals surface area contributed by atoms with E-state index in [-0.39, 0.29) is 5.54 Å². The van der Waals surface area contributed by atoms with Crippen LogP contribution in [0.5, 0.6) is 0 Å². The Bertz CT molecular complexity index is 954. The number of aromatic nitrogens is 2. The van der Waals surface area contributed by atoms with Crippen molar-refractivity contribution in [2.75, 3.05) is 6.54 Å². The fourth-order valence-corrected chi connectivity index (χ4v) is 3.87. The lowest BCUT2D eigenvalue weighted by Gasteiger charge is -2.31. The summed E-state index contributed by atoms with van der Waals surface area (Å²) in [5.41, 5.74) is 6.02. The highest BCUT2D eigenvalue weighted by Gasteiger charge is 2.18. The number of H-pyrrole nitrogens is 1. The summed E-state index contributed by atoms with van der Waals surface area (Å²) in [5.74, 6) is 0. The van der Waals surface area contributed by atoms with Crippen molar-refractivity contribution in [1.29, 1.82) is 0 Å². The average Bonchev–Trinajstić information content (AvgIpc) is 2.92. The van der Waals surface area contributed by atoms with Crippen molar-refractivity contribution in [3.05, 3.63) is 65.1 Å². The van der Waals surface area contributed by atoms with Gasteiger partial charge in [0.25, 0.3) is 0 Å². The van der Waals surface area contributed by atoms with Gasteiger partial charge in [-0.15, -0.1) is 0 Å². The molecule has 2 N–H and O–H groups in total. The summed E-state index contributed by atoms with van der Waals surface area (Å²) in [6.45, 7) is 12.2. The van der Waals surface area contributed by atoms with Crippen LogP contribution < -0.4 is 5.32 Å². The molecule has 0 atom stereocenters. The van der Waals surface area contributed by atoms with Gasteiger partial charge < -0.3 is 15.2 Å². The second kappa shape index (κ2) is 8.31. The molecule has 0 saturated heterocycles. The van der Waals surface area contributed by atoms with Crippen LogP contribution >= 0.6 is 12.2 Å². The van der Waals surface area contributed by atoms with E-state index in [0.717, 1.165) is 23.8 Å². The van der Waals surface area contributed by atoms with Gasteiger partial charge in [-0.05, 0) is 83.1 Å². The van der Waals surface area contributed by atoms with E-state index in [1.165, 1.54) is 27.7 Å². The van der Waals surface area contributed by atoms with Crippen molar-refractivity contribution in [3.63, 3.8) is 0 Å². The van der Waals surface area contributed by atoms with Crippen LogP contribution in [0.1, 0.15) is 43.3 Å². The Balaban J connectivity index is 1.82. The maximum atomic E-state index is 5.75. The monoisotopic (exact) mass is 394 g/mol. The molecule has 0 bridgehead atoms. The zero-order chi connectivity index (χ0) is 20.3. The molecule has 0 spiro atoms. The molecule has 1 aromatic carbocycles. The Morgan fingerprint density at radius 3 is 2.64 bits per heavy atom. The molecule has 2 aromatic heterocycles. The molecule has 0 saturated carbocycles. The number of nitrogens with one attached hydrogen (secondary N) is 2. The molecule has 2 heterocycles. The zero-order valence-corrected chi connectivity index (χ0v) is 18.3. The van der Waals surface area contributed by atoms with Gasteiger partial charge >= 0.3 is 0 Å². The molecule has 0 fully saturated rings. The number of benzene rings is 1. The minimum Gasteiger partial charge on any atom is -0.358 e. The van der Waals surface area contributed by atoms with Crippen molar-refractivity contribution < 1.29 is 0 Å². The quantitative estimate of drug-likeness (QED) is 0.604. The number of nitrogens with zero attached hydrogens (tertiary/aromatic N) is 2. The third-order valence-corrected chi connectivity index (χ3v) is 5.12. The molecule has 5 heteroatoms. The van der Waals surface area contributed by atoms with E-state index in [2.05, 4.69) is 73.0 Å². The summed E-state index contributed by atoms with van der Waals surface area (Å²) in [6.07, 6.45) is 2.76. The van der Waals surface area contributed by atoms with Crippen molar-refractivity contribution in [2.45, 2.75) is 53.1 Å². The smallest absolute Gasteiger partial charge is 0.169 e. The van der Waals surface area contributed by atoms with Gasteiger partial charge in [-0.3, -0.25) is 4.98 Å². The van der Waals surface area contributed by atoms with Gasteiger partial charge in [0.1, 0.15) is 0 Å². The van der Waals surface area contributed by atoms with Gasteiger partial charge in [0, 0.05) is 34.9 Å². The van der Waals surface area contributed by atoms with E-state index >= 15 is 0 Å². The fourth-order valence-electron chi connectivity index (χ4n) is 3.40. The van der Waals surface area contributed by atoms with Gasteiger partial charge in [0.2, 0.25) is 0 Å². The molecule has 148 valence electrons. The first-order chi connectivity index (χ1) is 13.2. The lowest BCUT2D eigenvalue weighted by atomic mass is 10.1. The number of pyridine rings is 1. The molecule has 3 rings (SSSR count). The molecule has 0 aliphatic heterocycles. The highest BCUT2D eigenvalue weighted by molar-refractivity contribution is 7.80. The minimum absolute atomic E-state index is 0.0761. The number of hydrogen-bond acceptors (Lipinski definition) is 2. The molecule has 0 amide bonds. The van der Waals surface area contributed by atoms with Crippen molar-refractivity contribution in [2.24, 2.45) is 0 Å². The third kappa shape index (κ3) is 5.10. The largest absolute Gasteiger partial charge is 0.358 e. The van der Waals surface area contributed by atoms with E-state index in [9.17, 15) is 0 Å². The fraction of sp³-hybridized carbons (Fsp3) is 0.391. The highest BCUT2D eigenvalue weighted by Crippen LogP contribution is 2.24. The Kier molecular flexibility index (Phi) is 6.04. The topological polar surface area (TPSA) is 44.0 Å². The van der Waals surface area contributed by atoms with Crippen LogP contribution in [0.25, 0.3) is 10.9 Å². The van der Waals surface area contributed by atoms with Crippen molar-refractivity contribution >= 4 is 28.2 Å². The van der Waals surface area contributed by atoms with Gasteiger partial charge in [-0.25, -0.2) is 0 Å². The molecular weight excluding hydrogens is 364 g/mol. The molecule has 0 aliphatic carbocycles. The summed E-state index contributed by atoms with van der Waals surface area (Å²) in [4.78, 5) is 10.2. The van der Waals surface area contributed by atoms with Crippen LogP contribution in [0.15, 0.2) is 42.6 Å². The van der Waals surface area contributed by atoms with Crippen molar-refractivity contribution in [3.8, 4) is 0 Å². The first-order valence-corrected chi connectivity index (χ1v) is 10.2. The molecule has 0 aliphatic rings. The predicted molar refractivity (Wildman–Crippen MR) is 122 cm³/mol. The van der Waals surface area contributed by atoms with Crippen LogP contribution in [-0.2, 0) is 13.0 Å². The summed E-state index contributed by atoms with van der Waals surface area (Å²) in [6, 6.07) is 12.6. The average molecular weight is 395 g/mol. The molecule has 0 unspecified atom stereocenters. The van der Waals surface area contributed by atoms with Gasteiger partial charge in [-0.2, -0.15) is 0 Å². The van der Waals surface area contributed by atoms with Crippen LogP contribution in [0.4, 0.5) is 0 Å². The lowest BCUT2D eigenvalue weighted by Crippen LogP contribution is -2.48. The Labute approximate surface area is 173 Å². The van der Waals surface area contributed by atoms with Gasteiger partial charge in [0.05, 0.1) is 12.2 Å². The number of fused-ring (bicyclic) bond motifs is 1. The van der Waals surface area contributed by atoms with Crippen LogP contribution in [-0.4, -0.2) is 32.1 Å². The molecule has 0 radical (unpaired) electrons. The first kappa shape index (κ1) is 20.3. The maximum Gasteiger partial charge on any atom is 0.169 e.